The number of halogens is 3. The van der Waals surface area contributed by atoms with Crippen molar-refractivity contribution < 1.29 is 9.59 Å². The van der Waals surface area contributed by atoms with E-state index in [1.165, 1.54) is 0 Å². The average molecular weight is 655 g/mol. The average Bonchev–Trinajstić information content (AvgIpc) is 3.34. The summed E-state index contributed by atoms with van der Waals surface area (Å²) in [4.78, 5) is 37.6. The van der Waals surface area contributed by atoms with Crippen molar-refractivity contribution >= 4 is 62.0 Å². The highest BCUT2D eigenvalue weighted by Gasteiger charge is 2.33. The van der Waals surface area contributed by atoms with Gasteiger partial charge in [0.25, 0.3) is 5.91 Å². The maximum Gasteiger partial charge on any atom is 0.255 e. The Morgan fingerprint density at radius 1 is 0.902 bits per heavy atom. The van der Waals surface area contributed by atoms with Crippen molar-refractivity contribution in [2.24, 2.45) is 5.92 Å². The third kappa shape index (κ3) is 6.02. The van der Waals surface area contributed by atoms with E-state index in [1.54, 1.807) is 23.1 Å². The third-order valence-electron chi connectivity index (χ3n) is 7.96. The molecule has 2 fully saturated rings. The fraction of sp³-hybridized carbons (Fsp3) is 0.323. The van der Waals surface area contributed by atoms with E-state index in [-0.39, 0.29) is 17.7 Å². The summed E-state index contributed by atoms with van der Waals surface area (Å²) in [6.07, 6.45) is 1.83. The summed E-state index contributed by atoms with van der Waals surface area (Å²) in [7, 11) is 0. The van der Waals surface area contributed by atoms with Crippen LogP contribution in [0.15, 0.2) is 71.2 Å². The van der Waals surface area contributed by atoms with Crippen molar-refractivity contribution in [3.05, 3.63) is 92.6 Å². The molecule has 1 atom stereocenters. The molecule has 1 aromatic heterocycles. The van der Waals surface area contributed by atoms with Crippen molar-refractivity contribution in [1.82, 2.24) is 24.3 Å². The van der Waals surface area contributed by atoms with Gasteiger partial charge in [-0.05, 0) is 67.9 Å². The quantitative estimate of drug-likeness (QED) is 0.254. The number of hydrogen-bond donors (Lipinski definition) is 0. The van der Waals surface area contributed by atoms with Gasteiger partial charge in [-0.2, -0.15) is 0 Å². The van der Waals surface area contributed by atoms with E-state index in [2.05, 4.69) is 43.6 Å². The lowest BCUT2D eigenvalue weighted by Gasteiger charge is -2.39. The van der Waals surface area contributed by atoms with E-state index in [4.69, 9.17) is 28.2 Å². The summed E-state index contributed by atoms with van der Waals surface area (Å²) in [6, 6.07) is 21.3. The molecule has 7 nitrogen and oxygen atoms in total. The van der Waals surface area contributed by atoms with Gasteiger partial charge in [0, 0.05) is 47.9 Å². The molecule has 212 valence electrons. The first-order valence-electron chi connectivity index (χ1n) is 13.8. The van der Waals surface area contributed by atoms with Gasteiger partial charge in [0.1, 0.15) is 5.82 Å². The van der Waals surface area contributed by atoms with Gasteiger partial charge in [-0.1, -0.05) is 57.3 Å². The number of carbonyl (C=O) groups excluding carboxylic acids is 2. The third-order valence-corrected chi connectivity index (χ3v) is 9.00. The van der Waals surface area contributed by atoms with Crippen molar-refractivity contribution in [3.8, 4) is 5.69 Å². The van der Waals surface area contributed by atoms with E-state index in [9.17, 15) is 9.59 Å². The summed E-state index contributed by atoms with van der Waals surface area (Å²) < 4.78 is 3.23. The first-order chi connectivity index (χ1) is 19.9. The topological polar surface area (TPSA) is 61.7 Å². The molecule has 2 saturated heterocycles. The molecule has 6 rings (SSSR count). The van der Waals surface area contributed by atoms with Crippen LogP contribution in [0.1, 0.15) is 29.0 Å². The molecule has 2 aliphatic rings. The van der Waals surface area contributed by atoms with Crippen LogP contribution in [-0.2, 0) is 11.3 Å². The second kappa shape index (κ2) is 12.1. The maximum absolute atomic E-state index is 13.6. The molecular formula is C31H30BrCl2N5O2. The lowest BCUT2D eigenvalue weighted by molar-refractivity contribution is -0.139. The van der Waals surface area contributed by atoms with Crippen molar-refractivity contribution in [2.45, 2.75) is 19.4 Å². The normalized spacial score (nSPS) is 18.2. The molecule has 10 heteroatoms. The van der Waals surface area contributed by atoms with Crippen LogP contribution in [0.25, 0.3) is 16.7 Å². The van der Waals surface area contributed by atoms with Crippen LogP contribution < -0.4 is 0 Å². The van der Waals surface area contributed by atoms with Gasteiger partial charge in [-0.3, -0.25) is 19.1 Å². The number of aromatic nitrogens is 2. The van der Waals surface area contributed by atoms with E-state index in [0.717, 1.165) is 46.4 Å². The molecule has 0 radical (unpaired) electrons. The largest absolute Gasteiger partial charge is 0.339 e. The second-order valence-corrected chi connectivity index (χ2v) is 12.4. The molecule has 0 aliphatic carbocycles. The predicted molar refractivity (Wildman–Crippen MR) is 166 cm³/mol. The molecule has 0 spiro atoms. The molecule has 0 N–H and O–H groups in total. The molecular weight excluding hydrogens is 625 g/mol. The minimum atomic E-state index is -0.129. The zero-order chi connectivity index (χ0) is 28.5. The van der Waals surface area contributed by atoms with Crippen molar-refractivity contribution in [3.63, 3.8) is 0 Å². The van der Waals surface area contributed by atoms with E-state index in [0.29, 0.717) is 54.9 Å². The van der Waals surface area contributed by atoms with Gasteiger partial charge in [-0.15, -0.1) is 0 Å². The highest BCUT2D eigenvalue weighted by molar-refractivity contribution is 9.10. The van der Waals surface area contributed by atoms with Crippen LogP contribution in [-0.4, -0.2) is 75.3 Å². The van der Waals surface area contributed by atoms with E-state index >= 15 is 0 Å². The van der Waals surface area contributed by atoms with Crippen molar-refractivity contribution in [2.75, 3.05) is 39.3 Å². The zero-order valence-electron chi connectivity index (χ0n) is 22.5. The minimum Gasteiger partial charge on any atom is -0.339 e. The number of carbonyl (C=O) groups is 2. The monoisotopic (exact) mass is 653 g/mol. The summed E-state index contributed by atoms with van der Waals surface area (Å²) in [5.41, 5.74) is 3.52. The van der Waals surface area contributed by atoms with Gasteiger partial charge in [0.2, 0.25) is 5.91 Å². The molecule has 3 aromatic carbocycles. The SMILES string of the molecule is O=C(c1ccc(Cl)cc1Cl)N1CCN(C(=O)[C@H]2CCCN(Cc3nc4ccccc4n3-c3cccc(Br)c3)C2)CC1. The first kappa shape index (κ1) is 28.2. The standard InChI is InChI=1S/C31H30BrCl2N5O2/c32-22-6-3-7-24(17-22)39-28-9-2-1-8-27(28)35-29(39)20-36-12-4-5-21(19-36)30(40)37-13-15-38(16-14-37)31(41)25-11-10-23(33)18-26(25)34/h1-3,6-11,17-18,21H,4-5,12-16,19-20H2/t21-/m0/s1. The van der Waals surface area contributed by atoms with Crippen LogP contribution in [0.5, 0.6) is 0 Å². The number of imidazole rings is 1. The Kier molecular flexibility index (Phi) is 8.35. The summed E-state index contributed by atoms with van der Waals surface area (Å²) in [6.45, 7) is 4.29. The number of amides is 2. The Hall–Kier alpha value is -2.91. The Bertz CT molecular complexity index is 1600. The maximum atomic E-state index is 13.6. The molecule has 2 aliphatic heterocycles. The molecule has 41 heavy (non-hydrogen) atoms. The molecule has 2 amide bonds. The Morgan fingerprint density at radius 3 is 2.46 bits per heavy atom. The predicted octanol–water partition coefficient (Wildman–Crippen LogP) is 6.29. The van der Waals surface area contributed by atoms with Crippen LogP contribution in [0, 0.1) is 5.92 Å². The number of benzene rings is 3. The van der Waals surface area contributed by atoms with Crippen LogP contribution in [0.3, 0.4) is 0 Å². The Balaban J connectivity index is 1.12. The Morgan fingerprint density at radius 2 is 1.68 bits per heavy atom. The summed E-state index contributed by atoms with van der Waals surface area (Å²) >= 11 is 15.9. The number of nitrogens with zero attached hydrogens (tertiary/aromatic N) is 5. The van der Waals surface area contributed by atoms with Crippen LogP contribution in [0.4, 0.5) is 0 Å². The number of piperazine rings is 1. The smallest absolute Gasteiger partial charge is 0.255 e. The number of likely N-dealkylation sites (tertiary alicyclic amines) is 1. The highest BCUT2D eigenvalue weighted by Crippen LogP contribution is 2.27. The van der Waals surface area contributed by atoms with E-state index in [1.807, 2.05) is 35.2 Å². The van der Waals surface area contributed by atoms with Gasteiger partial charge < -0.3 is 9.80 Å². The van der Waals surface area contributed by atoms with Gasteiger partial charge in [0.05, 0.1) is 34.1 Å². The highest BCUT2D eigenvalue weighted by atomic mass is 79.9. The van der Waals surface area contributed by atoms with Gasteiger partial charge >= 0.3 is 0 Å². The number of hydrogen-bond acceptors (Lipinski definition) is 4. The lowest BCUT2D eigenvalue weighted by Crippen LogP contribution is -2.53. The van der Waals surface area contributed by atoms with Crippen molar-refractivity contribution in [1.29, 1.82) is 0 Å². The number of rotatable bonds is 5. The number of piperidine rings is 1. The summed E-state index contributed by atoms with van der Waals surface area (Å²) in [5.74, 6) is 0.938. The molecule has 0 unspecified atom stereocenters. The molecule has 4 aromatic rings. The summed E-state index contributed by atoms with van der Waals surface area (Å²) in [5, 5.41) is 0.839. The van der Waals surface area contributed by atoms with Crippen LogP contribution >= 0.6 is 39.1 Å². The van der Waals surface area contributed by atoms with E-state index < -0.39 is 0 Å². The van der Waals surface area contributed by atoms with Crippen LogP contribution in [0.2, 0.25) is 10.0 Å². The first-order valence-corrected chi connectivity index (χ1v) is 15.4. The Labute approximate surface area is 257 Å². The number of para-hydroxylation sites is 2. The molecule has 0 saturated carbocycles. The second-order valence-electron chi connectivity index (χ2n) is 10.6. The zero-order valence-corrected chi connectivity index (χ0v) is 25.6. The number of fused-ring (bicyclic) bond motifs is 1. The lowest BCUT2D eigenvalue weighted by atomic mass is 9.96. The van der Waals surface area contributed by atoms with Gasteiger partial charge in [0.15, 0.2) is 0 Å². The minimum absolute atomic E-state index is 0.0691. The molecule has 3 heterocycles. The molecule has 0 bridgehead atoms. The van der Waals surface area contributed by atoms with Gasteiger partial charge in [-0.25, -0.2) is 4.98 Å². The fourth-order valence-electron chi connectivity index (χ4n) is 5.91. The fourth-order valence-corrected chi connectivity index (χ4v) is 6.78.